The van der Waals surface area contributed by atoms with Crippen LogP contribution in [0.1, 0.15) is 53.3 Å². The van der Waals surface area contributed by atoms with Gasteiger partial charge in [0.25, 0.3) is 5.91 Å². The summed E-state index contributed by atoms with van der Waals surface area (Å²) in [5.74, 6) is 0.140. The third-order valence-corrected chi connectivity index (χ3v) is 6.56. The first kappa shape index (κ1) is 24.2. The second-order valence-corrected chi connectivity index (χ2v) is 9.74. The van der Waals surface area contributed by atoms with Crippen molar-refractivity contribution in [2.45, 2.75) is 38.5 Å². The van der Waals surface area contributed by atoms with E-state index in [1.54, 1.807) is 6.07 Å². The van der Waals surface area contributed by atoms with Crippen molar-refractivity contribution in [1.82, 2.24) is 19.8 Å². The molecule has 34 heavy (non-hydrogen) atoms. The van der Waals surface area contributed by atoms with E-state index in [1.807, 2.05) is 56.3 Å². The molecule has 2 aromatic carbocycles. The topological polar surface area (TPSA) is 81.3 Å². The van der Waals surface area contributed by atoms with Crippen LogP contribution in [-0.4, -0.2) is 65.3 Å². The molecule has 8 heteroatoms. The van der Waals surface area contributed by atoms with Gasteiger partial charge in [-0.05, 0) is 95.2 Å². The molecule has 7 nitrogen and oxygen atoms in total. The third kappa shape index (κ3) is 5.59. The Morgan fingerprint density at radius 1 is 1.18 bits per heavy atom. The molecule has 1 atom stereocenters. The number of hydrogen-bond donors (Lipinski definition) is 2. The number of H-pyrrole nitrogens is 1. The molecular formula is C26H32ClN5O2. The average Bonchev–Trinajstić information content (AvgIpc) is 3.46. The summed E-state index contributed by atoms with van der Waals surface area (Å²) in [7, 11) is 4.04. The Morgan fingerprint density at radius 2 is 1.94 bits per heavy atom. The number of nitrogens with zero attached hydrogens (tertiary/aromatic N) is 3. The van der Waals surface area contributed by atoms with E-state index >= 15 is 0 Å². The summed E-state index contributed by atoms with van der Waals surface area (Å²) in [6.45, 7) is 4.42. The Balaban J connectivity index is 1.53. The highest BCUT2D eigenvalue weighted by Gasteiger charge is 2.25. The Labute approximate surface area is 205 Å². The minimum Gasteiger partial charge on any atom is -0.341 e. The van der Waals surface area contributed by atoms with Gasteiger partial charge in [-0.3, -0.25) is 9.59 Å². The van der Waals surface area contributed by atoms with Gasteiger partial charge in [0.15, 0.2) is 0 Å². The largest absolute Gasteiger partial charge is 0.341 e. The van der Waals surface area contributed by atoms with Crippen LogP contribution in [-0.2, 0) is 4.79 Å². The molecule has 2 amide bonds. The lowest BCUT2D eigenvalue weighted by Gasteiger charge is -2.19. The van der Waals surface area contributed by atoms with Gasteiger partial charge in [-0.25, -0.2) is 4.98 Å². The number of imidazole rings is 1. The van der Waals surface area contributed by atoms with Crippen LogP contribution < -0.4 is 5.32 Å². The molecule has 180 valence electrons. The fourth-order valence-corrected chi connectivity index (χ4v) is 4.64. The molecule has 1 fully saturated rings. The van der Waals surface area contributed by atoms with E-state index in [2.05, 4.69) is 20.2 Å². The number of halogens is 1. The highest BCUT2D eigenvalue weighted by Crippen LogP contribution is 2.26. The number of aromatic amines is 1. The molecule has 4 rings (SSSR count). The molecule has 0 radical (unpaired) electrons. The van der Waals surface area contributed by atoms with Crippen LogP contribution in [0.2, 0.25) is 5.02 Å². The smallest absolute Gasteiger partial charge is 0.254 e. The van der Waals surface area contributed by atoms with E-state index in [0.29, 0.717) is 28.5 Å². The second-order valence-electron chi connectivity index (χ2n) is 9.30. The van der Waals surface area contributed by atoms with Crippen LogP contribution in [0.25, 0.3) is 11.0 Å². The molecule has 0 aliphatic carbocycles. The first-order valence-corrected chi connectivity index (χ1v) is 12.2. The van der Waals surface area contributed by atoms with Crippen molar-refractivity contribution < 1.29 is 9.59 Å². The van der Waals surface area contributed by atoms with Crippen molar-refractivity contribution >= 4 is 40.1 Å². The van der Waals surface area contributed by atoms with Gasteiger partial charge in [-0.15, -0.1) is 0 Å². The van der Waals surface area contributed by atoms with Gasteiger partial charge in [-0.1, -0.05) is 11.6 Å². The monoisotopic (exact) mass is 481 g/mol. The average molecular weight is 482 g/mol. The van der Waals surface area contributed by atoms with Crippen LogP contribution in [0.5, 0.6) is 0 Å². The first-order chi connectivity index (χ1) is 16.3. The van der Waals surface area contributed by atoms with Crippen LogP contribution in [0, 0.1) is 6.92 Å². The maximum atomic E-state index is 13.4. The third-order valence-electron chi connectivity index (χ3n) is 6.32. The number of likely N-dealkylation sites (tertiary alicyclic amines) is 1. The molecular weight excluding hydrogens is 450 g/mol. The maximum Gasteiger partial charge on any atom is 0.254 e. The predicted octanol–water partition coefficient (Wildman–Crippen LogP) is 4.82. The standard InChI is InChI=1S/C26H32ClN5O2/c1-17-15-19(9-10-20(17)26(34)32-13-4-5-14-32)28-25(33)21(7-6-12-31(2)3)24-29-22-11-8-18(27)16-23(22)30-24/h8-11,15-16,21H,4-7,12-14H2,1-3H3,(H,28,33)(H,29,30). The minimum absolute atomic E-state index is 0.0652. The number of hydrogen-bond acceptors (Lipinski definition) is 4. The van der Waals surface area contributed by atoms with Crippen LogP contribution in [0.4, 0.5) is 5.69 Å². The van der Waals surface area contributed by atoms with Gasteiger partial charge in [0.1, 0.15) is 5.82 Å². The van der Waals surface area contributed by atoms with Crippen molar-refractivity contribution in [3.8, 4) is 0 Å². The lowest BCUT2D eigenvalue weighted by Crippen LogP contribution is -2.28. The van der Waals surface area contributed by atoms with Crippen molar-refractivity contribution in [2.24, 2.45) is 0 Å². The van der Waals surface area contributed by atoms with E-state index in [-0.39, 0.29) is 11.8 Å². The number of carbonyl (C=O) groups is 2. The maximum absolute atomic E-state index is 13.4. The van der Waals surface area contributed by atoms with Crippen LogP contribution >= 0.6 is 11.6 Å². The summed E-state index contributed by atoms with van der Waals surface area (Å²) in [6.07, 6.45) is 3.62. The van der Waals surface area contributed by atoms with E-state index < -0.39 is 5.92 Å². The zero-order valence-electron chi connectivity index (χ0n) is 20.0. The normalized spacial score (nSPS) is 14.7. The summed E-state index contributed by atoms with van der Waals surface area (Å²) in [6, 6.07) is 11.0. The Kier molecular flexibility index (Phi) is 7.54. The molecule has 2 N–H and O–H groups in total. The Morgan fingerprint density at radius 3 is 2.65 bits per heavy atom. The summed E-state index contributed by atoms with van der Waals surface area (Å²) >= 11 is 6.13. The number of fused-ring (bicyclic) bond motifs is 1. The summed E-state index contributed by atoms with van der Waals surface area (Å²) in [4.78, 5) is 38.1. The lowest BCUT2D eigenvalue weighted by molar-refractivity contribution is -0.117. The van der Waals surface area contributed by atoms with E-state index in [4.69, 9.17) is 11.6 Å². The minimum atomic E-state index is -0.433. The lowest BCUT2D eigenvalue weighted by atomic mass is 10.0. The van der Waals surface area contributed by atoms with E-state index in [0.717, 1.165) is 55.5 Å². The summed E-state index contributed by atoms with van der Waals surface area (Å²) in [5.41, 5.74) is 3.82. The molecule has 1 saturated heterocycles. The van der Waals surface area contributed by atoms with Gasteiger partial charge in [0, 0.05) is 29.4 Å². The summed E-state index contributed by atoms with van der Waals surface area (Å²) < 4.78 is 0. The fourth-order valence-electron chi connectivity index (χ4n) is 4.47. The number of aryl methyl sites for hydroxylation is 1. The zero-order chi connectivity index (χ0) is 24.2. The molecule has 3 aromatic rings. The molecule has 0 bridgehead atoms. The molecule has 0 spiro atoms. The van der Waals surface area contributed by atoms with Crippen molar-refractivity contribution in [3.63, 3.8) is 0 Å². The van der Waals surface area contributed by atoms with E-state index in [9.17, 15) is 9.59 Å². The van der Waals surface area contributed by atoms with Gasteiger partial charge in [0.05, 0.1) is 17.0 Å². The summed E-state index contributed by atoms with van der Waals surface area (Å²) in [5, 5.41) is 3.67. The van der Waals surface area contributed by atoms with Crippen molar-refractivity contribution in [1.29, 1.82) is 0 Å². The van der Waals surface area contributed by atoms with Gasteiger partial charge in [-0.2, -0.15) is 0 Å². The van der Waals surface area contributed by atoms with Crippen LogP contribution in [0.15, 0.2) is 36.4 Å². The highest BCUT2D eigenvalue weighted by molar-refractivity contribution is 6.31. The molecule has 0 saturated carbocycles. The number of aromatic nitrogens is 2. The number of amides is 2. The number of benzene rings is 2. The molecule has 1 aliphatic rings. The zero-order valence-corrected chi connectivity index (χ0v) is 20.8. The SMILES string of the molecule is Cc1cc(NC(=O)C(CCCN(C)C)c2nc3ccc(Cl)cc3[nH]2)ccc1C(=O)N1CCCC1. The fraction of sp³-hybridized carbons (Fsp3) is 0.423. The molecule has 2 heterocycles. The number of rotatable bonds is 8. The number of anilines is 1. The van der Waals surface area contributed by atoms with Crippen molar-refractivity contribution in [3.05, 3.63) is 58.4 Å². The number of nitrogens with one attached hydrogen (secondary N) is 2. The Hall–Kier alpha value is -2.90. The first-order valence-electron chi connectivity index (χ1n) is 11.8. The highest BCUT2D eigenvalue weighted by atomic mass is 35.5. The van der Waals surface area contributed by atoms with E-state index in [1.165, 1.54) is 0 Å². The van der Waals surface area contributed by atoms with Crippen LogP contribution in [0.3, 0.4) is 0 Å². The quantitative estimate of drug-likeness (QED) is 0.483. The van der Waals surface area contributed by atoms with Gasteiger partial charge < -0.3 is 20.1 Å². The Bertz CT molecular complexity index is 1180. The number of carbonyl (C=O) groups excluding carboxylic acids is 2. The molecule has 1 aliphatic heterocycles. The predicted molar refractivity (Wildman–Crippen MR) is 137 cm³/mol. The van der Waals surface area contributed by atoms with Gasteiger partial charge in [0.2, 0.25) is 5.91 Å². The second kappa shape index (κ2) is 10.6. The molecule has 1 unspecified atom stereocenters. The van der Waals surface area contributed by atoms with Gasteiger partial charge >= 0.3 is 0 Å². The van der Waals surface area contributed by atoms with Crippen molar-refractivity contribution in [2.75, 3.05) is 39.0 Å². The molecule has 1 aromatic heterocycles.